The number of aryl methyl sites for hydroxylation is 1. The molecule has 0 fully saturated rings. The van der Waals surface area contributed by atoms with Gasteiger partial charge in [0.2, 0.25) is 0 Å². The quantitative estimate of drug-likeness (QED) is 0.874. The predicted molar refractivity (Wildman–Crippen MR) is 76.0 cm³/mol. The second kappa shape index (κ2) is 5.45. The Kier molecular flexibility index (Phi) is 3.72. The summed E-state index contributed by atoms with van der Waals surface area (Å²) in [7, 11) is 0. The van der Waals surface area contributed by atoms with Crippen LogP contribution >= 0.6 is 0 Å². The fourth-order valence-corrected chi connectivity index (χ4v) is 2.04. The second-order valence-corrected chi connectivity index (χ2v) is 4.59. The van der Waals surface area contributed by atoms with Crippen molar-refractivity contribution in [3.05, 3.63) is 59.2 Å². The van der Waals surface area contributed by atoms with Crippen molar-refractivity contribution in [2.75, 3.05) is 5.32 Å². The van der Waals surface area contributed by atoms with Crippen LogP contribution in [-0.2, 0) is 0 Å². The lowest BCUT2D eigenvalue weighted by Crippen LogP contribution is -2.08. The van der Waals surface area contributed by atoms with Gasteiger partial charge in [-0.1, -0.05) is 24.3 Å². The normalized spacial score (nSPS) is 11.6. The topological polar surface area (TPSA) is 56.0 Å². The minimum atomic E-state index is -0.0740. The van der Waals surface area contributed by atoms with E-state index in [9.17, 15) is 5.11 Å². The van der Waals surface area contributed by atoms with Gasteiger partial charge in [0.05, 0.1) is 17.3 Å². The Bertz CT molecular complexity index is 629. The number of hydrogen-bond donors (Lipinski definition) is 2. The van der Waals surface area contributed by atoms with Crippen LogP contribution in [0.3, 0.4) is 0 Å². The number of rotatable bonds is 3. The average molecular weight is 252 g/mol. The monoisotopic (exact) mass is 252 g/mol. The van der Waals surface area contributed by atoms with E-state index < -0.39 is 0 Å². The van der Waals surface area contributed by atoms with Gasteiger partial charge < -0.3 is 10.4 Å². The van der Waals surface area contributed by atoms with Crippen molar-refractivity contribution in [1.82, 2.24) is 0 Å². The zero-order valence-corrected chi connectivity index (χ0v) is 11.0. The summed E-state index contributed by atoms with van der Waals surface area (Å²) < 4.78 is 0. The molecule has 0 aliphatic heterocycles. The van der Waals surface area contributed by atoms with Crippen molar-refractivity contribution >= 4 is 5.69 Å². The molecule has 0 saturated heterocycles. The number of nitriles is 1. The number of para-hydroxylation sites is 1. The maximum atomic E-state index is 9.96. The first-order valence-corrected chi connectivity index (χ1v) is 6.17. The van der Waals surface area contributed by atoms with Crippen molar-refractivity contribution in [2.45, 2.75) is 19.9 Å². The molecule has 1 atom stereocenters. The molecule has 0 radical (unpaired) electrons. The molecule has 0 heterocycles. The maximum Gasteiger partial charge on any atom is 0.121 e. The Hall–Kier alpha value is -2.47. The molecule has 96 valence electrons. The molecule has 0 aliphatic rings. The van der Waals surface area contributed by atoms with Crippen molar-refractivity contribution in [3.63, 3.8) is 0 Å². The lowest BCUT2D eigenvalue weighted by atomic mass is 10.0. The molecule has 0 spiro atoms. The fourth-order valence-electron chi connectivity index (χ4n) is 2.04. The molecule has 2 rings (SSSR count). The number of nitrogens with one attached hydrogen (secondary N) is 1. The Morgan fingerprint density at radius 3 is 2.63 bits per heavy atom. The first-order valence-electron chi connectivity index (χ1n) is 6.17. The molecule has 0 amide bonds. The van der Waals surface area contributed by atoms with E-state index in [1.165, 1.54) is 0 Å². The maximum absolute atomic E-state index is 9.96. The molecule has 0 saturated carbocycles. The van der Waals surface area contributed by atoms with Crippen molar-refractivity contribution in [3.8, 4) is 11.8 Å². The highest BCUT2D eigenvalue weighted by atomic mass is 16.3. The first-order chi connectivity index (χ1) is 9.11. The van der Waals surface area contributed by atoms with Gasteiger partial charge in [0.1, 0.15) is 11.8 Å². The molecule has 1 unspecified atom stereocenters. The Morgan fingerprint density at radius 2 is 1.95 bits per heavy atom. The molecular weight excluding hydrogens is 236 g/mol. The van der Waals surface area contributed by atoms with E-state index in [1.54, 1.807) is 12.1 Å². The van der Waals surface area contributed by atoms with Gasteiger partial charge in [0.15, 0.2) is 0 Å². The van der Waals surface area contributed by atoms with E-state index in [-0.39, 0.29) is 11.8 Å². The number of phenolic OH excluding ortho intramolecular Hbond substituents is 1. The lowest BCUT2D eigenvalue weighted by molar-refractivity contribution is 0.465. The number of anilines is 1. The van der Waals surface area contributed by atoms with Gasteiger partial charge in [-0.25, -0.2) is 0 Å². The van der Waals surface area contributed by atoms with E-state index in [0.29, 0.717) is 5.56 Å². The third kappa shape index (κ3) is 2.86. The second-order valence-electron chi connectivity index (χ2n) is 4.59. The summed E-state index contributed by atoms with van der Waals surface area (Å²) in [5.74, 6) is 0.273. The molecule has 0 bridgehead atoms. The molecule has 0 aliphatic carbocycles. The average Bonchev–Trinajstić information content (AvgIpc) is 2.39. The van der Waals surface area contributed by atoms with Crippen LogP contribution < -0.4 is 5.32 Å². The number of nitrogens with zero attached hydrogens (tertiary/aromatic N) is 1. The van der Waals surface area contributed by atoms with E-state index >= 15 is 0 Å². The number of benzene rings is 2. The first kappa shape index (κ1) is 13.0. The summed E-state index contributed by atoms with van der Waals surface area (Å²) in [4.78, 5) is 0. The Morgan fingerprint density at radius 1 is 1.21 bits per heavy atom. The summed E-state index contributed by atoms with van der Waals surface area (Å²) in [5, 5.41) is 22.3. The van der Waals surface area contributed by atoms with E-state index in [2.05, 4.69) is 11.4 Å². The highest BCUT2D eigenvalue weighted by Crippen LogP contribution is 2.28. The van der Waals surface area contributed by atoms with Gasteiger partial charge in [-0.2, -0.15) is 5.26 Å². The van der Waals surface area contributed by atoms with Gasteiger partial charge >= 0.3 is 0 Å². The van der Waals surface area contributed by atoms with Gasteiger partial charge in [-0.15, -0.1) is 0 Å². The van der Waals surface area contributed by atoms with E-state index in [4.69, 9.17) is 5.26 Å². The van der Waals surface area contributed by atoms with Crippen molar-refractivity contribution in [2.24, 2.45) is 0 Å². The minimum Gasteiger partial charge on any atom is -0.508 e. The van der Waals surface area contributed by atoms with Crippen LogP contribution in [0.15, 0.2) is 42.5 Å². The lowest BCUT2D eigenvalue weighted by Gasteiger charge is -2.18. The molecule has 2 aromatic carbocycles. The van der Waals surface area contributed by atoms with Crippen LogP contribution in [0.5, 0.6) is 5.75 Å². The molecule has 3 nitrogen and oxygen atoms in total. The number of aromatic hydroxyl groups is 1. The predicted octanol–water partition coefficient (Wildman–Crippen LogP) is 3.75. The van der Waals surface area contributed by atoms with Crippen molar-refractivity contribution in [1.29, 1.82) is 5.26 Å². The smallest absolute Gasteiger partial charge is 0.121 e. The third-order valence-corrected chi connectivity index (χ3v) is 3.07. The Labute approximate surface area is 113 Å². The number of hydrogen-bond acceptors (Lipinski definition) is 3. The summed E-state index contributed by atoms with van der Waals surface area (Å²) in [6.45, 7) is 3.89. The fraction of sp³-hybridized carbons (Fsp3) is 0.188. The van der Waals surface area contributed by atoms with Crippen LogP contribution in [0.1, 0.15) is 29.7 Å². The molecule has 3 heteroatoms. The van der Waals surface area contributed by atoms with E-state index in [0.717, 1.165) is 16.8 Å². The van der Waals surface area contributed by atoms with E-state index in [1.807, 2.05) is 44.2 Å². The van der Waals surface area contributed by atoms with Gasteiger partial charge in [0, 0.05) is 5.56 Å². The van der Waals surface area contributed by atoms with Gasteiger partial charge in [-0.3, -0.25) is 0 Å². The molecule has 2 N–H and O–H groups in total. The van der Waals surface area contributed by atoms with Crippen LogP contribution in [0.2, 0.25) is 0 Å². The summed E-state index contributed by atoms with van der Waals surface area (Å²) in [6, 6.07) is 15.0. The van der Waals surface area contributed by atoms with Gasteiger partial charge in [0.25, 0.3) is 0 Å². The van der Waals surface area contributed by atoms with Gasteiger partial charge in [-0.05, 0) is 37.6 Å². The largest absolute Gasteiger partial charge is 0.508 e. The number of phenols is 1. The summed E-state index contributed by atoms with van der Waals surface area (Å²) in [5.41, 5.74) is 3.21. The Balaban J connectivity index is 2.26. The van der Waals surface area contributed by atoms with Crippen LogP contribution in [0.25, 0.3) is 0 Å². The van der Waals surface area contributed by atoms with Crippen LogP contribution in [0, 0.1) is 18.3 Å². The SMILES string of the molecule is Cc1ccc(C(C)Nc2ccccc2C#N)c(O)c1. The van der Waals surface area contributed by atoms with Crippen LogP contribution in [0.4, 0.5) is 5.69 Å². The standard InChI is InChI=1S/C16H16N2O/c1-11-7-8-14(16(19)9-11)12(2)18-15-6-4-3-5-13(15)10-17/h3-9,12,18-19H,1-2H3. The zero-order chi connectivity index (χ0) is 13.8. The molecule has 19 heavy (non-hydrogen) atoms. The summed E-state index contributed by atoms with van der Waals surface area (Å²) in [6.07, 6.45) is 0. The summed E-state index contributed by atoms with van der Waals surface area (Å²) >= 11 is 0. The highest BCUT2D eigenvalue weighted by Gasteiger charge is 2.11. The molecule has 2 aromatic rings. The third-order valence-electron chi connectivity index (χ3n) is 3.07. The highest BCUT2D eigenvalue weighted by molar-refractivity contribution is 5.58. The zero-order valence-electron chi connectivity index (χ0n) is 11.0. The van der Waals surface area contributed by atoms with Crippen LogP contribution in [-0.4, -0.2) is 5.11 Å². The molecule has 0 aromatic heterocycles. The molecular formula is C16H16N2O. The minimum absolute atomic E-state index is 0.0740. The van der Waals surface area contributed by atoms with Crippen molar-refractivity contribution < 1.29 is 5.11 Å².